The van der Waals surface area contributed by atoms with Gasteiger partial charge in [-0.25, -0.2) is 38.7 Å². The Morgan fingerprint density at radius 1 is 0.690 bits per heavy atom. The molecule has 8 rings (SSSR count). The second-order valence-electron chi connectivity index (χ2n) is 15.2. The topological polar surface area (TPSA) is 291 Å². The van der Waals surface area contributed by atoms with Gasteiger partial charge in [0.15, 0.2) is 71.0 Å². The number of alkyl halides is 2. The van der Waals surface area contributed by atoms with Crippen molar-refractivity contribution >= 4 is 69.3 Å². The zero-order valence-electron chi connectivity index (χ0n) is 39.2. The van der Waals surface area contributed by atoms with Crippen LogP contribution < -0.4 is 10.6 Å². The number of ketones is 2. The van der Waals surface area contributed by atoms with Crippen molar-refractivity contribution in [3.63, 3.8) is 0 Å². The molecule has 2 unspecified atom stereocenters. The fourth-order valence-corrected chi connectivity index (χ4v) is 7.01. The summed E-state index contributed by atoms with van der Waals surface area (Å²) in [6, 6.07) is 17.0. The van der Waals surface area contributed by atoms with Crippen LogP contribution in [0.4, 0.5) is 20.4 Å². The number of halogens is 2. The summed E-state index contributed by atoms with van der Waals surface area (Å²) in [4.78, 5) is 96.7. The number of rotatable bonds is 15. The average molecular weight is 994 g/mol. The maximum absolute atomic E-state index is 15.0. The monoisotopic (exact) mass is 993 g/mol. The van der Waals surface area contributed by atoms with Gasteiger partial charge in [-0.1, -0.05) is 51.3 Å². The van der Waals surface area contributed by atoms with Gasteiger partial charge in [0.1, 0.15) is 30.3 Å². The Morgan fingerprint density at radius 3 is 1.52 bits per heavy atom. The Balaban J connectivity index is 0.000000293. The normalized spacial score (nSPS) is 21.3. The molecule has 0 radical (unpaired) electrons. The third-order valence-corrected chi connectivity index (χ3v) is 10.4. The summed E-state index contributed by atoms with van der Waals surface area (Å²) in [5.74, 6) is -2.47. The fourth-order valence-electron chi connectivity index (χ4n) is 7.01. The summed E-state index contributed by atoms with van der Waals surface area (Å²) >= 11 is 0. The van der Waals surface area contributed by atoms with E-state index in [1.165, 1.54) is 55.4 Å². The van der Waals surface area contributed by atoms with Gasteiger partial charge in [0.2, 0.25) is 1.43 Å². The summed E-state index contributed by atoms with van der Waals surface area (Å²) in [7, 11) is 1.29. The molecule has 0 bridgehead atoms. The first-order chi connectivity index (χ1) is 34.2. The zero-order chi connectivity index (χ0) is 51.2. The molecule has 71 heavy (non-hydrogen) atoms. The molecule has 24 heteroatoms. The molecule has 0 saturated carbocycles. The molecule has 8 atom stereocenters. The van der Waals surface area contributed by atoms with Crippen LogP contribution >= 0.6 is 0 Å². The number of fused-ring (bicyclic) bond motifs is 2. The highest BCUT2D eigenvalue weighted by molar-refractivity contribution is 6.07. The largest absolute Gasteiger partial charge is 0.454 e. The number of carbonyl (C=O) groups is 6. The highest BCUT2D eigenvalue weighted by Gasteiger charge is 2.49. The van der Waals surface area contributed by atoms with Crippen LogP contribution in [0.5, 0.6) is 0 Å². The number of hydrogen-bond acceptors (Lipinski definition) is 18. The van der Waals surface area contributed by atoms with E-state index in [4.69, 9.17) is 21.7 Å². The third-order valence-electron chi connectivity index (χ3n) is 10.4. The van der Waals surface area contributed by atoms with Crippen LogP contribution in [0, 0.1) is 0 Å². The maximum atomic E-state index is 15.0. The number of nitrogens with one attached hydrogen (secondary N) is 2. The predicted octanol–water partition coefficient (Wildman–Crippen LogP) is 5.08. The number of benzene rings is 2. The fraction of sp³-hybridized carbons (Fsp3) is 0.404. The van der Waals surface area contributed by atoms with Crippen LogP contribution in [-0.4, -0.2) is 136 Å². The number of aliphatic hydroxyl groups excluding tert-OH is 2. The van der Waals surface area contributed by atoms with Crippen molar-refractivity contribution in [3.8, 4) is 0 Å². The highest BCUT2D eigenvalue weighted by atomic mass is 19.1. The first kappa shape index (κ1) is 52.8. The molecular weight excluding hydrogens is 935 g/mol. The van der Waals surface area contributed by atoms with E-state index >= 15 is 0 Å². The average Bonchev–Trinajstić information content (AvgIpc) is 4.15. The second kappa shape index (κ2) is 25.9. The minimum absolute atomic E-state index is 0. The number of Topliss-reactive ketones (excluding diaryl/α,β-unsaturated/α-hetero) is 2. The van der Waals surface area contributed by atoms with E-state index in [1.54, 1.807) is 60.7 Å². The van der Waals surface area contributed by atoms with Crippen molar-refractivity contribution in [1.29, 1.82) is 1.43 Å². The standard InChI is InChI=1S/C22H22FN5O6.C22H22FN5O5.CH4O.2CH4/c1-12(30)7-8-15(31)34-18-16(23)14(9-29)33-22(18)28-11-26-17-19(24-10-25-20(17)28)27-21(32)13-5-3-2-4-6-13;1-12(29)8-9-15(30)33-18-16(23)13(2)32-22(18)28-11-26-17-19(24-10-25-20(17)28)27-21(31)14-6-4-3-5-7-14;1-2;;/h2-6,10-11,14,16,18,22,29H,7-9H2,1H3,(H,24,25,27,32);3-7,10-11,13,16,18,22H,8-9H2,1-2H3,(H,24,25,27,31);2H,1H3;2*1H4/t14-,16+,18?,22-;13-,16+,18?,22-;;;/m11.../s1/i;2D;2T;;. The number of hydrogen-bond donors (Lipinski definition) is 4. The number of aromatic nitrogens is 8. The zero-order valence-corrected chi connectivity index (χ0v) is 37.2. The summed E-state index contributed by atoms with van der Waals surface area (Å²) < 4.78 is 67.8. The minimum Gasteiger partial charge on any atom is -0.454 e. The van der Waals surface area contributed by atoms with Crippen molar-refractivity contribution in [3.05, 3.63) is 97.1 Å². The van der Waals surface area contributed by atoms with E-state index < -0.39 is 79.6 Å². The van der Waals surface area contributed by atoms with E-state index in [9.17, 15) is 42.7 Å². The smallest absolute Gasteiger partial charge is 0.306 e. The quantitative estimate of drug-likeness (QED) is 0.0975. The summed E-state index contributed by atoms with van der Waals surface area (Å²) in [5.41, 5.74) is 1.67. The number of nitrogens with zero attached hydrogens (tertiary/aromatic N) is 8. The molecule has 2 aliphatic heterocycles. The first-order valence-corrected chi connectivity index (χ1v) is 21.1. The molecule has 380 valence electrons. The molecule has 4 N–H and O–H groups in total. The van der Waals surface area contributed by atoms with Crippen LogP contribution in [0.25, 0.3) is 22.3 Å². The van der Waals surface area contributed by atoms with E-state index in [-0.39, 0.29) is 93.0 Å². The van der Waals surface area contributed by atoms with E-state index in [2.05, 4.69) is 45.6 Å². The summed E-state index contributed by atoms with van der Waals surface area (Å²) in [6.45, 7) is 1.65. The molecule has 2 aliphatic rings. The Morgan fingerprint density at radius 2 is 1.11 bits per heavy atom. The van der Waals surface area contributed by atoms with Crippen LogP contribution in [0.2, 0.25) is 0 Å². The molecule has 2 amide bonds. The summed E-state index contributed by atoms with van der Waals surface area (Å²) in [6.07, 6.45) is -6.54. The number of imidazole rings is 2. The van der Waals surface area contributed by atoms with Crippen LogP contribution in [0.1, 0.15) is 95.8 Å². The first-order valence-electron chi connectivity index (χ1n) is 22.2. The molecule has 0 spiro atoms. The molecule has 22 nitrogen and oxygen atoms in total. The predicted molar refractivity (Wildman–Crippen MR) is 251 cm³/mol. The van der Waals surface area contributed by atoms with Gasteiger partial charge in [0.25, 0.3) is 11.8 Å². The summed E-state index contributed by atoms with van der Waals surface area (Å²) in [5, 5.41) is 18.3. The number of ether oxygens (including phenoxy) is 4. The van der Waals surface area contributed by atoms with Gasteiger partial charge >= 0.3 is 11.9 Å². The lowest BCUT2D eigenvalue weighted by atomic mass is 10.1. The van der Waals surface area contributed by atoms with Crippen molar-refractivity contribution in [2.45, 2.75) is 110 Å². The Bertz CT molecular complexity index is 2630. The van der Waals surface area contributed by atoms with E-state index in [0.717, 1.165) is 0 Å². The molecule has 4 aromatic heterocycles. The van der Waals surface area contributed by atoms with Gasteiger partial charge < -0.3 is 49.4 Å². The molecular formula is C47H56F2N10O12. The van der Waals surface area contributed by atoms with E-state index in [0.29, 0.717) is 11.1 Å². The highest BCUT2D eigenvalue weighted by Crippen LogP contribution is 2.37. The van der Waals surface area contributed by atoms with Gasteiger partial charge in [-0.2, -0.15) is 0 Å². The van der Waals surface area contributed by atoms with Gasteiger partial charge in [0, 0.05) is 32.4 Å². The third kappa shape index (κ3) is 13.4. The molecule has 2 fully saturated rings. The number of anilines is 2. The number of aliphatic hydroxyl groups is 2. The lowest BCUT2D eigenvalue weighted by molar-refractivity contribution is -0.158. The lowest BCUT2D eigenvalue weighted by Crippen LogP contribution is -2.34. The Kier molecular flexibility index (Phi) is 19.3. The number of esters is 2. The van der Waals surface area contributed by atoms with Gasteiger partial charge in [0.05, 0.1) is 38.2 Å². The van der Waals surface area contributed by atoms with Crippen molar-refractivity contribution in [2.75, 3.05) is 24.4 Å². The Hall–Kier alpha value is -7.54. The van der Waals surface area contributed by atoms with Gasteiger partial charge in [-0.15, -0.1) is 0 Å². The van der Waals surface area contributed by atoms with Crippen LogP contribution in [0.3, 0.4) is 0 Å². The SMILES string of the molecule is C.C.CC(=O)CCC(=O)OC1[C@@H](F)[C@@H](CO)O[C@H]1n1cnc2c(NC(=O)c3ccccc3)ncnc21.[2H]C[C@H]1O[C@@H](n2cnc3c(NC(=O)c4ccccc4)ncnc32)C(OC(=O)CCC(C)=O)[C@H]1F.[3H]OC. The minimum atomic E-state index is -1.83. The van der Waals surface area contributed by atoms with Crippen molar-refractivity contribution < 1.29 is 68.1 Å². The Labute approximate surface area is 409 Å². The van der Waals surface area contributed by atoms with Crippen LogP contribution in [0.15, 0.2) is 86.0 Å². The van der Waals surface area contributed by atoms with Gasteiger partial charge in [-0.3, -0.25) is 28.3 Å². The number of carbonyl (C=O) groups excluding carboxylic acids is 6. The molecule has 6 aromatic rings. The second-order valence-corrected chi connectivity index (χ2v) is 15.2. The molecule has 2 aromatic carbocycles. The molecule has 6 heterocycles. The van der Waals surface area contributed by atoms with Gasteiger partial charge in [-0.05, 0) is 45.0 Å². The lowest BCUT2D eigenvalue weighted by Gasteiger charge is -2.21. The van der Waals surface area contributed by atoms with Crippen LogP contribution in [-0.2, 0) is 38.1 Å². The number of amides is 2. The van der Waals surface area contributed by atoms with Crippen molar-refractivity contribution in [1.82, 2.24) is 39.0 Å². The maximum Gasteiger partial charge on any atom is 0.306 e. The molecule has 2 saturated heterocycles. The molecule has 0 aliphatic carbocycles. The van der Waals surface area contributed by atoms with Crippen molar-refractivity contribution in [2.24, 2.45) is 0 Å². The van der Waals surface area contributed by atoms with E-state index in [1.807, 2.05) is 0 Å².